The van der Waals surface area contributed by atoms with Crippen LogP contribution in [0.4, 0.5) is 5.69 Å². The smallest absolute Gasteiger partial charge is 0.263 e. The van der Waals surface area contributed by atoms with Crippen molar-refractivity contribution in [2.75, 3.05) is 17.9 Å². The lowest BCUT2D eigenvalue weighted by Crippen LogP contribution is -2.16. The molecule has 0 aliphatic carbocycles. The standard InChI is InChI=1S/C16H16N4O4S/c1-10-13-8-12(9-17-16(13)20(2)18-10)25(21,22)19-11-3-4-14-15(7-11)24-6-5-23-14/h3-4,7-9,19H,5-6H2,1-2H3. The van der Waals surface area contributed by atoms with Gasteiger partial charge in [-0.05, 0) is 25.1 Å². The van der Waals surface area contributed by atoms with Crippen LogP contribution >= 0.6 is 0 Å². The van der Waals surface area contributed by atoms with Crippen LogP contribution in [-0.2, 0) is 17.1 Å². The minimum absolute atomic E-state index is 0.0750. The Bertz CT molecular complexity index is 1080. The number of fused-ring (bicyclic) bond motifs is 2. The topological polar surface area (TPSA) is 95.3 Å². The number of benzene rings is 1. The highest BCUT2D eigenvalue weighted by molar-refractivity contribution is 7.92. The highest BCUT2D eigenvalue weighted by Gasteiger charge is 2.19. The zero-order valence-electron chi connectivity index (χ0n) is 13.7. The van der Waals surface area contributed by atoms with Crippen LogP contribution in [0.25, 0.3) is 11.0 Å². The fourth-order valence-electron chi connectivity index (χ4n) is 2.76. The van der Waals surface area contributed by atoms with Crippen LogP contribution in [0.5, 0.6) is 11.5 Å². The van der Waals surface area contributed by atoms with Crippen LogP contribution in [0.15, 0.2) is 35.4 Å². The fourth-order valence-corrected chi connectivity index (χ4v) is 3.78. The average molecular weight is 360 g/mol. The van der Waals surface area contributed by atoms with E-state index in [2.05, 4.69) is 14.8 Å². The Morgan fingerprint density at radius 3 is 2.72 bits per heavy atom. The average Bonchev–Trinajstić information content (AvgIpc) is 2.88. The number of aromatic nitrogens is 3. The zero-order chi connectivity index (χ0) is 17.6. The van der Waals surface area contributed by atoms with Crippen molar-refractivity contribution in [3.8, 4) is 11.5 Å². The summed E-state index contributed by atoms with van der Waals surface area (Å²) in [5.74, 6) is 1.12. The number of ether oxygens (including phenoxy) is 2. The molecule has 0 fully saturated rings. The molecule has 25 heavy (non-hydrogen) atoms. The quantitative estimate of drug-likeness (QED) is 0.766. The largest absolute Gasteiger partial charge is 0.486 e. The molecule has 130 valence electrons. The molecule has 0 radical (unpaired) electrons. The van der Waals surface area contributed by atoms with Gasteiger partial charge in [-0.1, -0.05) is 0 Å². The highest BCUT2D eigenvalue weighted by Crippen LogP contribution is 2.33. The minimum atomic E-state index is -3.78. The van der Waals surface area contributed by atoms with E-state index in [-0.39, 0.29) is 4.90 Å². The maximum atomic E-state index is 12.7. The van der Waals surface area contributed by atoms with Gasteiger partial charge in [0.05, 0.1) is 11.4 Å². The molecule has 3 aromatic rings. The van der Waals surface area contributed by atoms with E-state index in [1.807, 2.05) is 6.92 Å². The number of rotatable bonds is 3. The first-order valence-corrected chi connectivity index (χ1v) is 9.14. The van der Waals surface area contributed by atoms with Gasteiger partial charge in [0.2, 0.25) is 0 Å². The highest BCUT2D eigenvalue weighted by atomic mass is 32.2. The monoisotopic (exact) mass is 360 g/mol. The van der Waals surface area contributed by atoms with E-state index in [4.69, 9.17) is 9.47 Å². The summed E-state index contributed by atoms with van der Waals surface area (Å²) in [5, 5.41) is 4.96. The summed E-state index contributed by atoms with van der Waals surface area (Å²) in [4.78, 5) is 4.29. The maximum absolute atomic E-state index is 12.7. The Morgan fingerprint density at radius 1 is 1.16 bits per heavy atom. The number of sulfonamides is 1. The van der Waals surface area contributed by atoms with Crippen LogP contribution in [0, 0.1) is 6.92 Å². The van der Waals surface area contributed by atoms with Gasteiger partial charge < -0.3 is 9.47 Å². The van der Waals surface area contributed by atoms with E-state index in [1.165, 1.54) is 6.20 Å². The Kier molecular flexibility index (Phi) is 3.53. The van der Waals surface area contributed by atoms with Crippen LogP contribution in [0.3, 0.4) is 0 Å². The molecule has 1 N–H and O–H groups in total. The second-order valence-corrected chi connectivity index (χ2v) is 7.40. The van der Waals surface area contributed by atoms with Gasteiger partial charge in [-0.2, -0.15) is 5.10 Å². The number of anilines is 1. The van der Waals surface area contributed by atoms with Gasteiger partial charge in [0.25, 0.3) is 10.0 Å². The molecule has 3 heterocycles. The number of aryl methyl sites for hydroxylation is 2. The third-order valence-corrected chi connectivity index (χ3v) is 5.29. The van der Waals surface area contributed by atoms with E-state index in [1.54, 1.807) is 36.0 Å². The molecule has 9 heteroatoms. The summed E-state index contributed by atoms with van der Waals surface area (Å²) in [6.45, 7) is 2.73. The number of pyridine rings is 1. The first kappa shape index (κ1) is 15.7. The Hall–Kier alpha value is -2.81. The van der Waals surface area contributed by atoms with E-state index in [0.717, 1.165) is 5.69 Å². The summed E-state index contributed by atoms with van der Waals surface area (Å²) < 4.78 is 40.4. The van der Waals surface area contributed by atoms with Gasteiger partial charge in [0.15, 0.2) is 17.1 Å². The Labute approximate surface area is 144 Å². The van der Waals surface area contributed by atoms with Crippen molar-refractivity contribution in [2.45, 2.75) is 11.8 Å². The molecule has 0 saturated carbocycles. The molecule has 0 atom stereocenters. The predicted molar refractivity (Wildman–Crippen MR) is 91.5 cm³/mol. The Balaban J connectivity index is 1.69. The van der Waals surface area contributed by atoms with E-state index < -0.39 is 10.0 Å². The lowest BCUT2D eigenvalue weighted by molar-refractivity contribution is 0.171. The van der Waals surface area contributed by atoms with Gasteiger partial charge in [0, 0.05) is 24.7 Å². The number of nitrogens with one attached hydrogen (secondary N) is 1. The maximum Gasteiger partial charge on any atom is 0.263 e. The van der Waals surface area contributed by atoms with Crippen molar-refractivity contribution in [3.63, 3.8) is 0 Å². The summed E-state index contributed by atoms with van der Waals surface area (Å²) in [5.41, 5.74) is 1.75. The van der Waals surface area contributed by atoms with Crippen molar-refractivity contribution in [1.29, 1.82) is 0 Å². The molecule has 1 aliphatic heterocycles. The first-order valence-electron chi connectivity index (χ1n) is 7.66. The van der Waals surface area contributed by atoms with Crippen molar-refractivity contribution < 1.29 is 17.9 Å². The van der Waals surface area contributed by atoms with Gasteiger partial charge in [-0.15, -0.1) is 0 Å². The minimum Gasteiger partial charge on any atom is -0.486 e. The van der Waals surface area contributed by atoms with Gasteiger partial charge in [-0.3, -0.25) is 9.40 Å². The van der Waals surface area contributed by atoms with Crippen LogP contribution in [0.2, 0.25) is 0 Å². The third-order valence-electron chi connectivity index (χ3n) is 3.94. The first-order chi connectivity index (χ1) is 11.9. The fraction of sp³-hybridized carbons (Fsp3) is 0.250. The van der Waals surface area contributed by atoms with Gasteiger partial charge in [-0.25, -0.2) is 13.4 Å². The number of hydrogen-bond acceptors (Lipinski definition) is 6. The molecule has 0 saturated heterocycles. The number of hydrogen-bond donors (Lipinski definition) is 1. The summed E-state index contributed by atoms with van der Waals surface area (Å²) in [7, 11) is -2.02. The molecule has 8 nitrogen and oxygen atoms in total. The summed E-state index contributed by atoms with van der Waals surface area (Å²) in [6.07, 6.45) is 1.32. The van der Waals surface area contributed by atoms with E-state index in [0.29, 0.717) is 41.4 Å². The van der Waals surface area contributed by atoms with E-state index in [9.17, 15) is 8.42 Å². The molecule has 0 amide bonds. The van der Waals surface area contributed by atoms with Crippen molar-refractivity contribution in [2.24, 2.45) is 7.05 Å². The molecule has 1 aliphatic rings. The zero-order valence-corrected chi connectivity index (χ0v) is 14.5. The molecule has 0 bridgehead atoms. The van der Waals surface area contributed by atoms with Crippen molar-refractivity contribution in [1.82, 2.24) is 14.8 Å². The van der Waals surface area contributed by atoms with Gasteiger partial charge >= 0.3 is 0 Å². The second-order valence-electron chi connectivity index (χ2n) is 5.72. The molecule has 0 unspecified atom stereocenters. The number of nitrogens with zero attached hydrogens (tertiary/aromatic N) is 3. The Morgan fingerprint density at radius 2 is 1.92 bits per heavy atom. The summed E-state index contributed by atoms with van der Waals surface area (Å²) in [6, 6.07) is 6.49. The predicted octanol–water partition coefficient (Wildman–Crippen LogP) is 1.85. The SMILES string of the molecule is Cc1nn(C)c2ncc(S(=O)(=O)Nc3ccc4c(c3)OCCO4)cc12. The normalized spacial score (nSPS) is 13.8. The molecule has 1 aromatic carbocycles. The molecule has 2 aromatic heterocycles. The lowest BCUT2D eigenvalue weighted by atomic mass is 10.3. The molecular weight excluding hydrogens is 344 g/mol. The lowest BCUT2D eigenvalue weighted by Gasteiger charge is -2.19. The third kappa shape index (κ3) is 2.76. The van der Waals surface area contributed by atoms with E-state index >= 15 is 0 Å². The van der Waals surface area contributed by atoms with Gasteiger partial charge in [0.1, 0.15) is 18.1 Å². The van der Waals surface area contributed by atoms with Crippen LogP contribution < -0.4 is 14.2 Å². The van der Waals surface area contributed by atoms with Crippen molar-refractivity contribution in [3.05, 3.63) is 36.2 Å². The molecule has 4 rings (SSSR count). The van der Waals surface area contributed by atoms with Crippen molar-refractivity contribution >= 4 is 26.7 Å². The van der Waals surface area contributed by atoms with Crippen LogP contribution in [0.1, 0.15) is 5.69 Å². The van der Waals surface area contributed by atoms with Crippen LogP contribution in [-0.4, -0.2) is 36.4 Å². The second kappa shape index (κ2) is 5.62. The summed E-state index contributed by atoms with van der Waals surface area (Å²) >= 11 is 0. The molecule has 0 spiro atoms. The molecular formula is C16H16N4O4S.